The van der Waals surface area contributed by atoms with E-state index in [1.165, 1.54) is 12.8 Å². The Morgan fingerprint density at radius 1 is 0.647 bits per heavy atom. The van der Waals surface area contributed by atoms with Crippen molar-refractivity contribution < 1.29 is 26.6 Å². The predicted molar refractivity (Wildman–Crippen MR) is 148 cm³/mol. The molecule has 0 heterocycles. The van der Waals surface area contributed by atoms with E-state index >= 15 is 0 Å². The first-order chi connectivity index (χ1) is 16.2. The summed E-state index contributed by atoms with van der Waals surface area (Å²) in [5, 5.41) is 0. The minimum absolute atomic E-state index is 0.267. The number of unbranched alkanes of at least 4 members (excludes halogenated alkanes) is 1. The van der Waals surface area contributed by atoms with Gasteiger partial charge in [-0.2, -0.15) is 0 Å². The Bertz CT molecular complexity index is 481. The minimum atomic E-state index is -2.62. The highest BCUT2D eigenvalue weighted by Gasteiger charge is 2.48. The maximum absolute atomic E-state index is 5.66. The highest BCUT2D eigenvalue weighted by Crippen LogP contribution is 2.37. The molecular weight excluding hydrogens is 464 g/mol. The lowest BCUT2D eigenvalue weighted by atomic mass is 9.95. The third kappa shape index (κ3) is 11.6. The second-order valence-corrected chi connectivity index (χ2v) is 15.3. The topological polar surface area (TPSA) is 55.4 Å². The molecule has 0 spiro atoms. The first-order valence-corrected chi connectivity index (χ1v) is 16.4. The van der Waals surface area contributed by atoms with E-state index in [4.69, 9.17) is 26.6 Å². The molecule has 0 aliphatic carbocycles. The lowest BCUT2D eigenvalue weighted by molar-refractivity contribution is 0.104. The Labute approximate surface area is 214 Å². The number of allylic oxidation sites excluding steroid dienone is 2. The van der Waals surface area contributed by atoms with Crippen LogP contribution in [0.1, 0.15) is 79.1 Å². The summed E-state index contributed by atoms with van der Waals surface area (Å²) in [6, 6.07) is 0. The van der Waals surface area contributed by atoms with Gasteiger partial charge in [-0.1, -0.05) is 59.1 Å². The molecule has 0 saturated carbocycles. The third-order valence-electron chi connectivity index (χ3n) is 6.75. The molecular formula is C26H56O6Si2. The van der Waals surface area contributed by atoms with Crippen molar-refractivity contribution in [3.63, 3.8) is 0 Å². The zero-order valence-corrected chi connectivity index (χ0v) is 26.0. The van der Waals surface area contributed by atoms with Gasteiger partial charge in [0, 0.05) is 53.7 Å². The molecule has 0 aromatic heterocycles. The first kappa shape index (κ1) is 35.8. The van der Waals surface area contributed by atoms with E-state index in [9.17, 15) is 0 Å². The number of hydrogen-bond donors (Lipinski definition) is 0. The van der Waals surface area contributed by atoms with Crippen molar-refractivity contribution in [2.45, 2.75) is 90.1 Å². The first-order valence-electron chi connectivity index (χ1n) is 12.8. The molecule has 0 N–H and O–H groups in total. The van der Waals surface area contributed by atoms with Crippen LogP contribution in [-0.4, -0.2) is 60.3 Å². The molecule has 0 rings (SSSR count). The van der Waals surface area contributed by atoms with Crippen molar-refractivity contribution >= 4 is 17.6 Å². The quantitative estimate of drug-likeness (QED) is 0.124. The van der Waals surface area contributed by atoms with E-state index in [1.807, 2.05) is 12.2 Å². The van der Waals surface area contributed by atoms with Crippen LogP contribution in [0.2, 0.25) is 11.1 Å². The van der Waals surface area contributed by atoms with Gasteiger partial charge in [0.2, 0.25) is 0 Å². The van der Waals surface area contributed by atoms with Gasteiger partial charge in [-0.25, -0.2) is 0 Å². The second kappa shape index (κ2) is 20.8. The monoisotopic (exact) mass is 520 g/mol. The van der Waals surface area contributed by atoms with Crippen LogP contribution in [0.15, 0.2) is 25.3 Å². The van der Waals surface area contributed by atoms with Crippen molar-refractivity contribution in [3.05, 3.63) is 25.3 Å². The Kier molecular flexibility index (Phi) is 21.9. The summed E-state index contributed by atoms with van der Waals surface area (Å²) < 4.78 is 33.6. The molecule has 0 fully saturated rings. The van der Waals surface area contributed by atoms with Crippen LogP contribution in [-0.2, 0) is 26.6 Å². The smallest absolute Gasteiger partial charge is 0.377 e. The molecule has 34 heavy (non-hydrogen) atoms. The summed E-state index contributed by atoms with van der Waals surface area (Å²) in [5.74, 6) is 0.883. The van der Waals surface area contributed by atoms with Crippen LogP contribution in [0.25, 0.3) is 0 Å². The van der Waals surface area contributed by atoms with Crippen molar-refractivity contribution in [1.82, 2.24) is 0 Å². The van der Waals surface area contributed by atoms with Crippen LogP contribution in [0.5, 0.6) is 0 Å². The molecule has 0 aromatic carbocycles. The van der Waals surface area contributed by atoms with E-state index in [0.717, 1.165) is 38.5 Å². The van der Waals surface area contributed by atoms with Crippen LogP contribution in [0.3, 0.4) is 0 Å². The molecule has 4 unspecified atom stereocenters. The van der Waals surface area contributed by atoms with Crippen LogP contribution < -0.4 is 0 Å². The van der Waals surface area contributed by atoms with Crippen molar-refractivity contribution in [2.75, 3.05) is 42.7 Å². The average molecular weight is 521 g/mol. The molecule has 8 heteroatoms. The Morgan fingerprint density at radius 2 is 1.12 bits per heavy atom. The van der Waals surface area contributed by atoms with E-state index in [1.54, 1.807) is 42.7 Å². The minimum Gasteiger partial charge on any atom is -0.377 e. The van der Waals surface area contributed by atoms with Crippen molar-refractivity contribution in [2.24, 2.45) is 11.8 Å². The summed E-state index contributed by atoms with van der Waals surface area (Å²) in [6.45, 7) is 16.5. The maximum atomic E-state index is 5.66. The highest BCUT2D eigenvalue weighted by molar-refractivity contribution is 6.62. The lowest BCUT2D eigenvalue weighted by Gasteiger charge is -2.35. The standard InChI is InChI=1S/C15H30O3Si.C11H26O3Si/c1-8-13(4)11-15(12-14(9-2)10-3)19(16-5,17-6)18-7;1-6-8-10-11(9-7-2)15(12-3,13-4)14-5/h8-9,13-15H,1-2,10-12H2,3-7H3;11H,6-10H2,1-5H3. The molecule has 0 aliphatic heterocycles. The Balaban J connectivity index is 0. The fourth-order valence-electron chi connectivity index (χ4n) is 4.52. The molecule has 0 aliphatic rings. The molecule has 0 aromatic rings. The second-order valence-electron chi connectivity index (χ2n) is 8.85. The van der Waals surface area contributed by atoms with Gasteiger partial charge in [-0.3, -0.25) is 0 Å². The zero-order chi connectivity index (χ0) is 26.6. The van der Waals surface area contributed by atoms with E-state index in [-0.39, 0.29) is 5.54 Å². The van der Waals surface area contributed by atoms with Gasteiger partial charge in [-0.05, 0) is 43.9 Å². The summed E-state index contributed by atoms with van der Waals surface area (Å²) >= 11 is 0. The van der Waals surface area contributed by atoms with Crippen LogP contribution in [0, 0.1) is 11.8 Å². The summed E-state index contributed by atoms with van der Waals surface area (Å²) in [4.78, 5) is 0. The summed E-state index contributed by atoms with van der Waals surface area (Å²) in [5.41, 5.74) is 0.714. The van der Waals surface area contributed by atoms with Gasteiger partial charge >= 0.3 is 17.6 Å². The van der Waals surface area contributed by atoms with Crippen molar-refractivity contribution in [1.29, 1.82) is 0 Å². The van der Waals surface area contributed by atoms with Gasteiger partial charge in [0.05, 0.1) is 0 Å². The van der Waals surface area contributed by atoms with Gasteiger partial charge in [0.1, 0.15) is 0 Å². The molecule has 6 nitrogen and oxygen atoms in total. The normalized spacial score (nSPS) is 15.6. The molecule has 0 saturated heterocycles. The average Bonchev–Trinajstić information content (AvgIpc) is 2.88. The van der Waals surface area contributed by atoms with E-state index in [0.29, 0.717) is 17.4 Å². The van der Waals surface area contributed by atoms with Gasteiger partial charge < -0.3 is 26.6 Å². The maximum Gasteiger partial charge on any atom is 0.503 e. The van der Waals surface area contributed by atoms with Crippen LogP contribution >= 0.6 is 0 Å². The molecule has 0 amide bonds. The third-order valence-corrected chi connectivity index (χ3v) is 13.2. The van der Waals surface area contributed by atoms with Gasteiger partial charge in [-0.15, -0.1) is 13.2 Å². The summed E-state index contributed by atoms with van der Waals surface area (Å²) in [7, 11) is 5.13. The van der Waals surface area contributed by atoms with Crippen LogP contribution in [0.4, 0.5) is 0 Å². The fourth-order valence-corrected chi connectivity index (χ4v) is 9.97. The largest absolute Gasteiger partial charge is 0.503 e. The zero-order valence-electron chi connectivity index (χ0n) is 24.0. The molecule has 204 valence electrons. The Morgan fingerprint density at radius 3 is 1.44 bits per heavy atom. The van der Waals surface area contributed by atoms with E-state index < -0.39 is 17.6 Å². The fraction of sp³-hybridized carbons (Fsp3) is 0.846. The van der Waals surface area contributed by atoms with Crippen molar-refractivity contribution in [3.8, 4) is 0 Å². The molecule has 4 atom stereocenters. The molecule has 0 radical (unpaired) electrons. The number of hydrogen-bond acceptors (Lipinski definition) is 6. The number of rotatable bonds is 20. The molecule has 0 bridgehead atoms. The van der Waals surface area contributed by atoms with Gasteiger partial charge in [0.15, 0.2) is 0 Å². The SMILES string of the molecule is C=CC(C)CC(CC(C=C)CC)[Si](OC)(OC)OC.CCCCC(CCC)[Si](OC)(OC)OC. The predicted octanol–water partition coefficient (Wildman–Crippen LogP) is 7.27. The van der Waals surface area contributed by atoms with E-state index in [2.05, 4.69) is 40.9 Å². The summed E-state index contributed by atoms with van der Waals surface area (Å²) in [6.07, 6.45) is 12.9. The van der Waals surface area contributed by atoms with Gasteiger partial charge in [0.25, 0.3) is 0 Å². The lowest BCUT2D eigenvalue weighted by Crippen LogP contribution is -2.48. The Hall–Kier alpha value is -0.326. The highest BCUT2D eigenvalue weighted by atomic mass is 28.4.